The Morgan fingerprint density at radius 3 is 2.42 bits per heavy atom. The normalized spacial score (nSPS) is 17.3. The molecule has 1 heterocycles. The Balaban J connectivity index is 2.44. The molecule has 1 saturated heterocycles. The molecular formula is C13H17NO4S. The maximum absolute atomic E-state index is 12.5. The zero-order valence-electron chi connectivity index (χ0n) is 10.8. The summed E-state index contributed by atoms with van der Waals surface area (Å²) in [6.07, 6.45) is 2.76. The number of benzene rings is 1. The van der Waals surface area contributed by atoms with Crippen LogP contribution in [0.25, 0.3) is 0 Å². The Kier molecular flexibility index (Phi) is 3.91. The number of aromatic carboxylic acids is 1. The van der Waals surface area contributed by atoms with Gasteiger partial charge >= 0.3 is 5.97 Å². The average Bonchev–Trinajstić information content (AvgIpc) is 2.39. The van der Waals surface area contributed by atoms with Crippen molar-refractivity contribution in [2.75, 3.05) is 13.1 Å². The first-order chi connectivity index (χ1) is 8.93. The fraction of sp³-hybridized carbons (Fsp3) is 0.462. The van der Waals surface area contributed by atoms with Crippen molar-refractivity contribution in [1.29, 1.82) is 0 Å². The van der Waals surface area contributed by atoms with Crippen LogP contribution in [0, 0.1) is 6.92 Å². The van der Waals surface area contributed by atoms with Crippen molar-refractivity contribution in [3.8, 4) is 0 Å². The summed E-state index contributed by atoms with van der Waals surface area (Å²) < 4.78 is 26.5. The van der Waals surface area contributed by atoms with E-state index in [0.717, 1.165) is 19.3 Å². The van der Waals surface area contributed by atoms with E-state index in [-0.39, 0.29) is 10.5 Å². The van der Waals surface area contributed by atoms with E-state index in [2.05, 4.69) is 0 Å². The highest BCUT2D eigenvalue weighted by Crippen LogP contribution is 2.24. The van der Waals surface area contributed by atoms with Gasteiger partial charge in [-0.05, 0) is 37.5 Å². The van der Waals surface area contributed by atoms with Gasteiger partial charge in [0, 0.05) is 13.1 Å². The molecule has 1 aromatic carbocycles. The molecule has 0 aliphatic carbocycles. The highest BCUT2D eigenvalue weighted by atomic mass is 32.2. The third-order valence-electron chi connectivity index (χ3n) is 3.37. The van der Waals surface area contributed by atoms with Gasteiger partial charge in [0.05, 0.1) is 10.5 Å². The van der Waals surface area contributed by atoms with Crippen molar-refractivity contribution in [3.63, 3.8) is 0 Å². The van der Waals surface area contributed by atoms with Gasteiger partial charge in [0.25, 0.3) is 0 Å². The number of aryl methyl sites for hydroxylation is 1. The Bertz CT molecular complexity index is 589. The van der Waals surface area contributed by atoms with Crippen LogP contribution in [0.2, 0.25) is 0 Å². The van der Waals surface area contributed by atoms with Gasteiger partial charge in [-0.1, -0.05) is 12.5 Å². The number of carbonyl (C=O) groups is 1. The summed E-state index contributed by atoms with van der Waals surface area (Å²) in [5, 5.41) is 8.97. The first kappa shape index (κ1) is 14.0. The summed E-state index contributed by atoms with van der Waals surface area (Å²) in [5.41, 5.74) is 0.580. The van der Waals surface area contributed by atoms with Crippen molar-refractivity contribution in [3.05, 3.63) is 29.3 Å². The van der Waals surface area contributed by atoms with Gasteiger partial charge in [0.15, 0.2) is 0 Å². The highest BCUT2D eigenvalue weighted by molar-refractivity contribution is 7.89. The Morgan fingerprint density at radius 1 is 1.21 bits per heavy atom. The topological polar surface area (TPSA) is 74.7 Å². The summed E-state index contributed by atoms with van der Waals surface area (Å²) >= 11 is 0. The molecule has 0 bridgehead atoms. The number of hydrogen-bond donors (Lipinski definition) is 1. The Morgan fingerprint density at radius 2 is 1.84 bits per heavy atom. The average molecular weight is 283 g/mol. The largest absolute Gasteiger partial charge is 0.478 e. The van der Waals surface area contributed by atoms with E-state index in [1.54, 1.807) is 13.0 Å². The molecule has 0 saturated carbocycles. The minimum Gasteiger partial charge on any atom is -0.478 e. The number of hydrogen-bond acceptors (Lipinski definition) is 3. The number of carboxylic acids is 1. The monoisotopic (exact) mass is 283 g/mol. The van der Waals surface area contributed by atoms with E-state index in [1.807, 2.05) is 0 Å². The lowest BCUT2D eigenvalue weighted by Gasteiger charge is -2.26. The first-order valence-electron chi connectivity index (χ1n) is 6.27. The standard InChI is InChI=1S/C13H17NO4S/c1-10-5-6-11(13(15)16)9-12(10)19(17,18)14-7-3-2-4-8-14/h5-6,9H,2-4,7-8H2,1H3,(H,15,16). The molecule has 0 amide bonds. The SMILES string of the molecule is Cc1ccc(C(=O)O)cc1S(=O)(=O)N1CCCCC1. The van der Waals surface area contributed by atoms with Gasteiger partial charge in [-0.3, -0.25) is 0 Å². The van der Waals surface area contributed by atoms with Crippen molar-refractivity contribution >= 4 is 16.0 Å². The molecule has 0 unspecified atom stereocenters. The van der Waals surface area contributed by atoms with Crippen molar-refractivity contribution in [2.24, 2.45) is 0 Å². The van der Waals surface area contributed by atoms with Crippen LogP contribution >= 0.6 is 0 Å². The van der Waals surface area contributed by atoms with E-state index in [9.17, 15) is 13.2 Å². The molecule has 2 rings (SSSR count). The summed E-state index contributed by atoms with van der Waals surface area (Å²) in [6, 6.07) is 4.22. The smallest absolute Gasteiger partial charge is 0.335 e. The van der Waals surface area contributed by atoms with Crippen LogP contribution in [-0.2, 0) is 10.0 Å². The van der Waals surface area contributed by atoms with Crippen LogP contribution < -0.4 is 0 Å². The third-order valence-corrected chi connectivity index (χ3v) is 5.41. The van der Waals surface area contributed by atoms with Gasteiger partial charge in [0.1, 0.15) is 0 Å². The van der Waals surface area contributed by atoms with Crippen LogP contribution in [0.5, 0.6) is 0 Å². The summed E-state index contributed by atoms with van der Waals surface area (Å²) in [5.74, 6) is -1.12. The quantitative estimate of drug-likeness (QED) is 0.919. The van der Waals surface area contributed by atoms with E-state index >= 15 is 0 Å². The molecule has 0 atom stereocenters. The van der Waals surface area contributed by atoms with Crippen molar-refractivity contribution < 1.29 is 18.3 Å². The molecule has 1 N–H and O–H groups in total. The maximum Gasteiger partial charge on any atom is 0.335 e. The Hall–Kier alpha value is -1.40. The van der Waals surface area contributed by atoms with E-state index in [0.29, 0.717) is 18.7 Å². The Labute approximate surface area is 112 Å². The fourth-order valence-corrected chi connectivity index (χ4v) is 4.02. The molecule has 1 fully saturated rings. The van der Waals surface area contributed by atoms with Crippen molar-refractivity contribution in [1.82, 2.24) is 4.31 Å². The lowest BCUT2D eigenvalue weighted by molar-refractivity contribution is 0.0696. The minimum atomic E-state index is -3.58. The predicted octanol–water partition coefficient (Wildman–Crippen LogP) is 1.87. The molecule has 5 nitrogen and oxygen atoms in total. The van der Waals surface area contributed by atoms with Gasteiger partial charge in [-0.15, -0.1) is 0 Å². The zero-order chi connectivity index (χ0) is 14.0. The number of carboxylic acid groups (broad SMARTS) is 1. The number of piperidine rings is 1. The van der Waals surface area contributed by atoms with Crippen LogP contribution in [-0.4, -0.2) is 36.9 Å². The molecule has 1 aromatic rings. The molecular weight excluding hydrogens is 266 g/mol. The lowest BCUT2D eigenvalue weighted by Crippen LogP contribution is -2.36. The predicted molar refractivity (Wildman–Crippen MR) is 70.7 cm³/mol. The van der Waals surface area contributed by atoms with Gasteiger partial charge in [-0.25, -0.2) is 13.2 Å². The van der Waals surface area contributed by atoms with E-state index in [4.69, 9.17) is 5.11 Å². The van der Waals surface area contributed by atoms with Crippen LogP contribution in [0.1, 0.15) is 35.2 Å². The highest BCUT2D eigenvalue weighted by Gasteiger charge is 2.27. The lowest BCUT2D eigenvalue weighted by atomic mass is 10.1. The van der Waals surface area contributed by atoms with Crippen LogP contribution in [0.4, 0.5) is 0 Å². The number of nitrogens with zero attached hydrogens (tertiary/aromatic N) is 1. The second kappa shape index (κ2) is 5.30. The van der Waals surface area contributed by atoms with E-state index < -0.39 is 16.0 Å². The number of sulfonamides is 1. The molecule has 1 aliphatic heterocycles. The van der Waals surface area contributed by atoms with Crippen LogP contribution in [0.15, 0.2) is 23.1 Å². The molecule has 0 radical (unpaired) electrons. The first-order valence-corrected chi connectivity index (χ1v) is 7.71. The molecule has 0 spiro atoms. The third kappa shape index (κ3) is 2.79. The minimum absolute atomic E-state index is 0.00110. The molecule has 6 heteroatoms. The van der Waals surface area contributed by atoms with Crippen molar-refractivity contribution in [2.45, 2.75) is 31.1 Å². The van der Waals surface area contributed by atoms with Gasteiger partial charge in [-0.2, -0.15) is 4.31 Å². The fourth-order valence-electron chi connectivity index (χ4n) is 2.26. The number of rotatable bonds is 3. The summed E-state index contributed by atoms with van der Waals surface area (Å²) in [7, 11) is -3.58. The summed E-state index contributed by atoms with van der Waals surface area (Å²) in [4.78, 5) is 11.1. The molecule has 0 aromatic heterocycles. The van der Waals surface area contributed by atoms with Gasteiger partial charge < -0.3 is 5.11 Å². The molecule has 1 aliphatic rings. The van der Waals surface area contributed by atoms with Crippen LogP contribution in [0.3, 0.4) is 0 Å². The zero-order valence-corrected chi connectivity index (χ0v) is 11.6. The second-order valence-electron chi connectivity index (χ2n) is 4.75. The maximum atomic E-state index is 12.5. The molecule has 104 valence electrons. The summed E-state index contributed by atoms with van der Waals surface area (Å²) in [6.45, 7) is 2.71. The molecule has 19 heavy (non-hydrogen) atoms. The second-order valence-corrected chi connectivity index (χ2v) is 6.66. The van der Waals surface area contributed by atoms with E-state index in [1.165, 1.54) is 16.4 Å². The van der Waals surface area contributed by atoms with Gasteiger partial charge in [0.2, 0.25) is 10.0 Å².